The van der Waals surface area contributed by atoms with E-state index in [1.54, 1.807) is 0 Å². The summed E-state index contributed by atoms with van der Waals surface area (Å²) in [6.07, 6.45) is 1.33. The molecule has 0 unspecified atom stereocenters. The van der Waals surface area contributed by atoms with Gasteiger partial charge in [0.1, 0.15) is 0 Å². The van der Waals surface area contributed by atoms with Crippen LogP contribution in [-0.4, -0.2) is 23.1 Å². The first-order chi connectivity index (χ1) is 6.72. The molecule has 1 saturated heterocycles. The summed E-state index contributed by atoms with van der Waals surface area (Å²) in [4.78, 5) is 3.66. The summed E-state index contributed by atoms with van der Waals surface area (Å²) < 4.78 is 0. The Bertz CT molecular complexity index is 373. The van der Waals surface area contributed by atoms with Gasteiger partial charge in [-0.1, -0.05) is 6.07 Å². The first-order valence-electron chi connectivity index (χ1n) is 4.81. The molecular weight excluding hydrogens is 212 g/mol. The van der Waals surface area contributed by atoms with E-state index in [0.717, 1.165) is 19.0 Å². The Balaban J connectivity index is 1.86. The lowest BCUT2D eigenvalue weighted by Crippen LogP contribution is -2.36. The Kier molecular flexibility index (Phi) is 1.67. The van der Waals surface area contributed by atoms with Gasteiger partial charge in [0.05, 0.1) is 0 Å². The molecule has 4 heteroatoms. The zero-order chi connectivity index (χ0) is 9.76. The van der Waals surface area contributed by atoms with Crippen LogP contribution in [0.25, 0.3) is 0 Å². The van der Waals surface area contributed by atoms with Crippen LogP contribution in [0, 0.1) is 5.92 Å². The van der Waals surface area contributed by atoms with Gasteiger partial charge in [-0.25, -0.2) is 0 Å². The third-order valence-electron chi connectivity index (χ3n) is 3.47. The molecule has 0 amide bonds. The SMILES string of the molecule is NC(=S)N1C[C@H]2C[C@@]2(c2cccs2)C1. The van der Waals surface area contributed by atoms with E-state index < -0.39 is 0 Å². The van der Waals surface area contributed by atoms with Crippen LogP contribution in [0.3, 0.4) is 0 Å². The van der Waals surface area contributed by atoms with Gasteiger partial charge in [0.2, 0.25) is 0 Å². The highest BCUT2D eigenvalue weighted by molar-refractivity contribution is 7.80. The summed E-state index contributed by atoms with van der Waals surface area (Å²) in [5, 5.41) is 2.72. The summed E-state index contributed by atoms with van der Waals surface area (Å²) in [7, 11) is 0. The Morgan fingerprint density at radius 1 is 1.71 bits per heavy atom. The predicted octanol–water partition coefficient (Wildman–Crippen LogP) is 1.57. The number of hydrogen-bond donors (Lipinski definition) is 1. The standard InChI is InChI=1S/C10H12N2S2/c11-9(13)12-5-7-4-10(7,6-12)8-2-1-3-14-8/h1-3,7H,4-6H2,(H2,11,13)/t7-,10-/m1/s1. The number of fused-ring (bicyclic) bond motifs is 1. The van der Waals surface area contributed by atoms with Crippen LogP contribution in [0.4, 0.5) is 0 Å². The van der Waals surface area contributed by atoms with Crippen LogP contribution < -0.4 is 5.73 Å². The number of rotatable bonds is 1. The van der Waals surface area contributed by atoms with Crippen LogP contribution in [-0.2, 0) is 5.41 Å². The van der Waals surface area contributed by atoms with Crippen molar-refractivity contribution in [2.75, 3.05) is 13.1 Å². The number of likely N-dealkylation sites (tertiary alicyclic amines) is 1. The summed E-state index contributed by atoms with van der Waals surface area (Å²) >= 11 is 6.88. The molecule has 0 radical (unpaired) electrons. The lowest BCUT2D eigenvalue weighted by molar-refractivity contribution is 0.452. The van der Waals surface area contributed by atoms with E-state index in [9.17, 15) is 0 Å². The van der Waals surface area contributed by atoms with Crippen LogP contribution in [0.2, 0.25) is 0 Å². The summed E-state index contributed by atoms with van der Waals surface area (Å²) in [5.41, 5.74) is 6.07. The number of thiocarbonyl (C=S) groups is 1. The molecule has 0 spiro atoms. The average molecular weight is 224 g/mol. The number of hydrogen-bond acceptors (Lipinski definition) is 2. The Morgan fingerprint density at radius 3 is 3.14 bits per heavy atom. The second-order valence-electron chi connectivity index (χ2n) is 4.25. The molecule has 1 saturated carbocycles. The maximum atomic E-state index is 5.65. The molecule has 2 fully saturated rings. The van der Waals surface area contributed by atoms with Crippen molar-refractivity contribution in [2.45, 2.75) is 11.8 Å². The molecule has 74 valence electrons. The normalized spacial score (nSPS) is 34.3. The van der Waals surface area contributed by atoms with E-state index in [4.69, 9.17) is 18.0 Å². The summed E-state index contributed by atoms with van der Waals surface area (Å²) in [6.45, 7) is 2.10. The second-order valence-corrected chi connectivity index (χ2v) is 5.62. The van der Waals surface area contributed by atoms with Gasteiger partial charge in [-0.3, -0.25) is 0 Å². The number of piperidine rings is 1. The van der Waals surface area contributed by atoms with Crippen LogP contribution >= 0.6 is 23.6 Å². The first kappa shape index (κ1) is 8.68. The Morgan fingerprint density at radius 2 is 2.57 bits per heavy atom. The van der Waals surface area contributed by atoms with Gasteiger partial charge in [0.25, 0.3) is 0 Å². The molecule has 1 aromatic heterocycles. The molecule has 0 bridgehead atoms. The highest BCUT2D eigenvalue weighted by atomic mass is 32.1. The lowest BCUT2D eigenvalue weighted by Gasteiger charge is -2.20. The molecule has 2 aliphatic rings. The first-order valence-corrected chi connectivity index (χ1v) is 6.09. The Hall–Kier alpha value is -0.610. The molecule has 2 nitrogen and oxygen atoms in total. The van der Waals surface area contributed by atoms with E-state index in [2.05, 4.69) is 22.4 Å². The van der Waals surface area contributed by atoms with Crippen molar-refractivity contribution in [2.24, 2.45) is 11.7 Å². The molecular formula is C10H12N2S2. The Labute approximate surface area is 92.7 Å². The average Bonchev–Trinajstić information content (AvgIpc) is 2.60. The monoisotopic (exact) mass is 224 g/mol. The largest absolute Gasteiger partial charge is 0.376 e. The van der Waals surface area contributed by atoms with Crippen molar-refractivity contribution in [1.29, 1.82) is 0 Å². The quantitative estimate of drug-likeness (QED) is 0.734. The van der Waals surface area contributed by atoms with Crippen LogP contribution in [0.15, 0.2) is 17.5 Å². The maximum Gasteiger partial charge on any atom is 0.166 e. The minimum Gasteiger partial charge on any atom is -0.376 e. The second kappa shape index (κ2) is 2.70. The van der Waals surface area contributed by atoms with Gasteiger partial charge in [0, 0.05) is 23.4 Å². The molecule has 2 N–H and O–H groups in total. The van der Waals surface area contributed by atoms with Crippen molar-refractivity contribution in [3.63, 3.8) is 0 Å². The highest BCUT2D eigenvalue weighted by Crippen LogP contribution is 2.59. The predicted molar refractivity (Wildman–Crippen MR) is 62.5 cm³/mol. The van der Waals surface area contributed by atoms with Crippen LogP contribution in [0.5, 0.6) is 0 Å². The number of nitrogens with zero attached hydrogens (tertiary/aromatic N) is 1. The summed E-state index contributed by atoms with van der Waals surface area (Å²) in [5.74, 6) is 0.794. The summed E-state index contributed by atoms with van der Waals surface area (Å²) in [6, 6.07) is 4.38. The smallest absolute Gasteiger partial charge is 0.166 e. The fourth-order valence-corrected chi connectivity index (χ4v) is 3.74. The fourth-order valence-electron chi connectivity index (χ4n) is 2.59. The van der Waals surface area contributed by atoms with E-state index in [-0.39, 0.29) is 0 Å². The topological polar surface area (TPSA) is 29.3 Å². The van der Waals surface area contributed by atoms with Crippen molar-refractivity contribution in [1.82, 2.24) is 4.90 Å². The zero-order valence-corrected chi connectivity index (χ0v) is 9.40. The number of thiophene rings is 1. The molecule has 1 aliphatic heterocycles. The van der Waals surface area contributed by atoms with Gasteiger partial charge in [-0.15, -0.1) is 11.3 Å². The van der Waals surface area contributed by atoms with Gasteiger partial charge in [0.15, 0.2) is 5.11 Å². The molecule has 0 aromatic carbocycles. The van der Waals surface area contributed by atoms with Gasteiger partial charge in [-0.05, 0) is 36.0 Å². The van der Waals surface area contributed by atoms with E-state index >= 15 is 0 Å². The van der Waals surface area contributed by atoms with Crippen molar-refractivity contribution in [3.05, 3.63) is 22.4 Å². The maximum absolute atomic E-state index is 5.65. The van der Waals surface area contributed by atoms with Crippen molar-refractivity contribution < 1.29 is 0 Å². The minimum atomic E-state index is 0.414. The third-order valence-corrected chi connectivity index (χ3v) is 4.82. The van der Waals surface area contributed by atoms with Crippen molar-refractivity contribution in [3.8, 4) is 0 Å². The molecule has 14 heavy (non-hydrogen) atoms. The molecule has 1 aliphatic carbocycles. The molecule has 2 heterocycles. The number of nitrogens with two attached hydrogens (primary N) is 1. The van der Waals surface area contributed by atoms with Crippen molar-refractivity contribution >= 4 is 28.7 Å². The minimum absolute atomic E-state index is 0.414. The molecule has 1 aromatic rings. The highest BCUT2D eigenvalue weighted by Gasteiger charge is 2.61. The third kappa shape index (κ3) is 1.04. The van der Waals surface area contributed by atoms with Gasteiger partial charge >= 0.3 is 0 Å². The van der Waals surface area contributed by atoms with Gasteiger partial charge < -0.3 is 10.6 Å². The van der Waals surface area contributed by atoms with Gasteiger partial charge in [-0.2, -0.15) is 0 Å². The van der Waals surface area contributed by atoms with E-state index in [1.807, 2.05) is 11.3 Å². The van der Waals surface area contributed by atoms with E-state index in [1.165, 1.54) is 11.3 Å². The zero-order valence-electron chi connectivity index (χ0n) is 7.77. The lowest BCUT2D eigenvalue weighted by atomic mass is 10.0. The van der Waals surface area contributed by atoms with Crippen LogP contribution in [0.1, 0.15) is 11.3 Å². The molecule has 3 rings (SSSR count). The van der Waals surface area contributed by atoms with E-state index in [0.29, 0.717) is 10.5 Å². The fraction of sp³-hybridized carbons (Fsp3) is 0.500. The molecule has 2 atom stereocenters.